The van der Waals surface area contributed by atoms with Crippen LogP contribution in [0.1, 0.15) is 25.1 Å². The van der Waals surface area contributed by atoms with Crippen LogP contribution in [0.2, 0.25) is 0 Å². The SMILES string of the molecule is C/C=C(\C)NC(=O)NCc1ccnc(C(F)(F)F)c1. The molecule has 4 nitrogen and oxygen atoms in total. The van der Waals surface area contributed by atoms with Crippen LogP contribution < -0.4 is 10.6 Å². The van der Waals surface area contributed by atoms with E-state index in [2.05, 4.69) is 15.6 Å². The predicted octanol–water partition coefficient (Wildman–Crippen LogP) is 2.82. The summed E-state index contributed by atoms with van der Waals surface area (Å²) in [5.74, 6) is 0. The highest BCUT2D eigenvalue weighted by Crippen LogP contribution is 2.27. The zero-order chi connectivity index (χ0) is 14.5. The van der Waals surface area contributed by atoms with Gasteiger partial charge in [0.1, 0.15) is 5.69 Å². The Morgan fingerprint density at radius 2 is 2.16 bits per heavy atom. The third kappa shape index (κ3) is 4.99. The van der Waals surface area contributed by atoms with Gasteiger partial charge < -0.3 is 10.6 Å². The second-order valence-corrected chi connectivity index (χ2v) is 3.83. The largest absolute Gasteiger partial charge is 0.433 e. The van der Waals surface area contributed by atoms with Crippen molar-refractivity contribution in [3.63, 3.8) is 0 Å². The fraction of sp³-hybridized carbons (Fsp3) is 0.333. The van der Waals surface area contributed by atoms with Crippen LogP contribution in [0.5, 0.6) is 0 Å². The van der Waals surface area contributed by atoms with Crippen LogP contribution in [-0.2, 0) is 12.7 Å². The van der Waals surface area contributed by atoms with Crippen LogP contribution in [0, 0.1) is 0 Å². The van der Waals surface area contributed by atoms with Crippen molar-refractivity contribution >= 4 is 6.03 Å². The highest BCUT2D eigenvalue weighted by molar-refractivity contribution is 5.75. The summed E-state index contributed by atoms with van der Waals surface area (Å²) < 4.78 is 37.2. The summed E-state index contributed by atoms with van der Waals surface area (Å²) in [4.78, 5) is 14.6. The number of nitrogens with one attached hydrogen (secondary N) is 2. The second kappa shape index (κ2) is 6.21. The van der Waals surface area contributed by atoms with Gasteiger partial charge in [0.2, 0.25) is 0 Å². The molecule has 0 radical (unpaired) electrons. The molecule has 0 spiro atoms. The normalized spacial score (nSPS) is 12.2. The first kappa shape index (κ1) is 15.0. The maximum Gasteiger partial charge on any atom is 0.433 e. The number of hydrogen-bond donors (Lipinski definition) is 2. The Bertz CT molecular complexity index is 483. The van der Waals surface area contributed by atoms with Gasteiger partial charge in [-0.15, -0.1) is 0 Å². The van der Waals surface area contributed by atoms with Gasteiger partial charge in [0.05, 0.1) is 0 Å². The van der Waals surface area contributed by atoms with E-state index in [1.54, 1.807) is 19.9 Å². The summed E-state index contributed by atoms with van der Waals surface area (Å²) in [6.07, 6.45) is -1.72. The molecule has 0 aliphatic heterocycles. The van der Waals surface area contributed by atoms with E-state index in [4.69, 9.17) is 0 Å². The number of urea groups is 1. The lowest BCUT2D eigenvalue weighted by atomic mass is 10.2. The van der Waals surface area contributed by atoms with Gasteiger partial charge >= 0.3 is 12.2 Å². The molecule has 0 fully saturated rings. The maximum atomic E-state index is 12.4. The number of pyridine rings is 1. The molecule has 0 aromatic carbocycles. The molecule has 0 unspecified atom stereocenters. The smallest absolute Gasteiger partial charge is 0.334 e. The lowest BCUT2D eigenvalue weighted by Gasteiger charge is -2.09. The van der Waals surface area contributed by atoms with Gasteiger partial charge in [0.25, 0.3) is 0 Å². The molecule has 0 saturated carbocycles. The average molecular weight is 273 g/mol. The summed E-state index contributed by atoms with van der Waals surface area (Å²) in [5.41, 5.74) is 0.00987. The summed E-state index contributed by atoms with van der Waals surface area (Å²) in [6.45, 7) is 3.45. The molecule has 0 atom stereocenters. The van der Waals surface area contributed by atoms with E-state index in [9.17, 15) is 18.0 Å². The van der Waals surface area contributed by atoms with Crippen molar-refractivity contribution in [1.82, 2.24) is 15.6 Å². The number of amides is 2. The molecule has 104 valence electrons. The summed E-state index contributed by atoms with van der Waals surface area (Å²) in [7, 11) is 0. The van der Waals surface area contributed by atoms with Crippen molar-refractivity contribution in [3.8, 4) is 0 Å². The van der Waals surface area contributed by atoms with Crippen LogP contribution in [0.4, 0.5) is 18.0 Å². The molecule has 7 heteroatoms. The van der Waals surface area contributed by atoms with E-state index < -0.39 is 17.9 Å². The molecule has 19 heavy (non-hydrogen) atoms. The molecule has 0 saturated heterocycles. The highest BCUT2D eigenvalue weighted by atomic mass is 19.4. The van der Waals surface area contributed by atoms with Crippen molar-refractivity contribution in [2.24, 2.45) is 0 Å². The Labute approximate surface area is 108 Å². The quantitative estimate of drug-likeness (QED) is 0.889. The maximum absolute atomic E-state index is 12.4. The molecular weight excluding hydrogens is 259 g/mol. The van der Waals surface area contributed by atoms with E-state index in [-0.39, 0.29) is 6.54 Å². The van der Waals surface area contributed by atoms with Crippen LogP contribution in [0.15, 0.2) is 30.1 Å². The zero-order valence-corrected chi connectivity index (χ0v) is 10.5. The number of nitrogens with zero attached hydrogens (tertiary/aromatic N) is 1. The van der Waals surface area contributed by atoms with E-state index in [1.165, 1.54) is 6.07 Å². The Morgan fingerprint density at radius 1 is 1.47 bits per heavy atom. The van der Waals surface area contributed by atoms with Crippen LogP contribution in [0.25, 0.3) is 0 Å². The van der Waals surface area contributed by atoms with Crippen molar-refractivity contribution in [1.29, 1.82) is 0 Å². The second-order valence-electron chi connectivity index (χ2n) is 3.83. The predicted molar refractivity (Wildman–Crippen MR) is 64.0 cm³/mol. The zero-order valence-electron chi connectivity index (χ0n) is 10.5. The van der Waals surface area contributed by atoms with Gasteiger partial charge in [-0.05, 0) is 31.5 Å². The number of carbonyl (C=O) groups excluding carboxylic acids is 1. The average Bonchev–Trinajstić information content (AvgIpc) is 2.35. The third-order valence-electron chi connectivity index (χ3n) is 2.31. The number of halogens is 3. The van der Waals surface area contributed by atoms with E-state index in [0.717, 1.165) is 12.3 Å². The van der Waals surface area contributed by atoms with Crippen molar-refractivity contribution in [2.75, 3.05) is 0 Å². The Balaban J connectivity index is 2.61. The molecule has 1 heterocycles. The molecule has 0 aliphatic carbocycles. The van der Waals surface area contributed by atoms with Crippen molar-refractivity contribution in [2.45, 2.75) is 26.6 Å². The fourth-order valence-corrected chi connectivity index (χ4v) is 1.22. The highest BCUT2D eigenvalue weighted by Gasteiger charge is 2.32. The Morgan fingerprint density at radius 3 is 2.74 bits per heavy atom. The molecule has 0 bridgehead atoms. The summed E-state index contributed by atoms with van der Waals surface area (Å²) >= 11 is 0. The number of carbonyl (C=O) groups is 1. The number of rotatable bonds is 3. The minimum absolute atomic E-state index is 0.00553. The molecular formula is C12H14F3N3O. The first-order valence-electron chi connectivity index (χ1n) is 5.53. The Kier molecular flexibility index (Phi) is 4.91. The van der Waals surface area contributed by atoms with E-state index in [1.807, 2.05) is 0 Å². The van der Waals surface area contributed by atoms with Gasteiger partial charge in [-0.1, -0.05) is 6.08 Å². The summed E-state index contributed by atoms with van der Waals surface area (Å²) in [5, 5.41) is 4.97. The summed E-state index contributed by atoms with van der Waals surface area (Å²) in [6, 6.07) is 1.85. The standard InChI is InChI=1S/C12H14F3N3O/c1-3-8(2)18-11(19)17-7-9-4-5-16-10(6-9)12(13,14)15/h3-6H,7H2,1-2H3,(H2,17,18,19)/b8-3+. The lowest BCUT2D eigenvalue weighted by molar-refractivity contribution is -0.141. The third-order valence-corrected chi connectivity index (χ3v) is 2.31. The van der Waals surface area contributed by atoms with E-state index >= 15 is 0 Å². The molecule has 2 N–H and O–H groups in total. The topological polar surface area (TPSA) is 54.0 Å². The van der Waals surface area contributed by atoms with Gasteiger partial charge in [0.15, 0.2) is 0 Å². The van der Waals surface area contributed by atoms with E-state index in [0.29, 0.717) is 11.3 Å². The van der Waals surface area contributed by atoms with Gasteiger partial charge in [-0.25, -0.2) is 4.79 Å². The number of alkyl halides is 3. The lowest BCUT2D eigenvalue weighted by Crippen LogP contribution is -2.33. The van der Waals surface area contributed by atoms with Crippen LogP contribution >= 0.6 is 0 Å². The fourth-order valence-electron chi connectivity index (χ4n) is 1.22. The van der Waals surface area contributed by atoms with Gasteiger partial charge in [-0.2, -0.15) is 13.2 Å². The number of aromatic nitrogens is 1. The molecule has 1 aromatic heterocycles. The van der Waals surface area contributed by atoms with Crippen LogP contribution in [0.3, 0.4) is 0 Å². The van der Waals surface area contributed by atoms with Crippen molar-refractivity contribution < 1.29 is 18.0 Å². The minimum Gasteiger partial charge on any atom is -0.334 e. The van der Waals surface area contributed by atoms with Gasteiger partial charge in [0, 0.05) is 18.4 Å². The first-order valence-corrected chi connectivity index (χ1v) is 5.53. The molecule has 0 aliphatic rings. The number of hydrogen-bond acceptors (Lipinski definition) is 2. The first-order chi connectivity index (χ1) is 8.82. The van der Waals surface area contributed by atoms with Crippen molar-refractivity contribution in [3.05, 3.63) is 41.4 Å². The molecule has 2 amide bonds. The minimum atomic E-state index is -4.49. The molecule has 1 aromatic rings. The monoisotopic (exact) mass is 273 g/mol. The van der Waals surface area contributed by atoms with Gasteiger partial charge in [-0.3, -0.25) is 4.98 Å². The Hall–Kier alpha value is -2.05. The van der Waals surface area contributed by atoms with Crippen LogP contribution in [-0.4, -0.2) is 11.0 Å². The molecule has 1 rings (SSSR count). The number of allylic oxidation sites excluding steroid dienone is 2.